The summed E-state index contributed by atoms with van der Waals surface area (Å²) in [5.41, 5.74) is 0. The van der Waals surface area contributed by atoms with Crippen LogP contribution in [0.25, 0.3) is 0 Å². The van der Waals surface area contributed by atoms with E-state index in [1.54, 1.807) is 0 Å². The highest BCUT2D eigenvalue weighted by Gasteiger charge is 2.25. The van der Waals surface area contributed by atoms with Crippen LogP contribution in [0.15, 0.2) is 0 Å². The Morgan fingerprint density at radius 2 is 1.57 bits per heavy atom. The average molecular weight is 208 g/mol. The van der Waals surface area contributed by atoms with Gasteiger partial charge < -0.3 is 25.5 Å². The molecule has 0 aromatic heterocycles. The average Bonchev–Trinajstić information content (AvgIpc) is 2.15. The summed E-state index contributed by atoms with van der Waals surface area (Å²) in [6.45, 7) is 1.29. The van der Waals surface area contributed by atoms with Gasteiger partial charge in [0, 0.05) is 6.61 Å². The van der Waals surface area contributed by atoms with E-state index in [9.17, 15) is 10.2 Å². The first-order valence-corrected chi connectivity index (χ1v) is 4.78. The molecule has 0 saturated heterocycles. The Morgan fingerprint density at radius 1 is 1.00 bits per heavy atom. The maximum absolute atomic E-state index is 9.41. The van der Waals surface area contributed by atoms with Crippen molar-refractivity contribution in [2.75, 3.05) is 13.2 Å². The summed E-state index contributed by atoms with van der Waals surface area (Å²) in [5.74, 6) is 0.0653. The number of aliphatic hydroxyl groups is 5. The summed E-state index contributed by atoms with van der Waals surface area (Å²) in [4.78, 5) is 0. The first-order valence-electron chi connectivity index (χ1n) is 4.78. The molecule has 0 aromatic rings. The smallest absolute Gasteiger partial charge is 0.108 e. The normalized spacial score (nSPS) is 20.1. The molecule has 0 spiro atoms. The van der Waals surface area contributed by atoms with Crippen LogP contribution in [0, 0.1) is 5.92 Å². The third-order valence-electron chi connectivity index (χ3n) is 2.24. The van der Waals surface area contributed by atoms with Gasteiger partial charge in [-0.1, -0.05) is 6.92 Å². The highest BCUT2D eigenvalue weighted by atomic mass is 16.4. The SMILES string of the molecule is CC(CCO)CC(O)C(O)C(O)CO. The second-order valence-electron chi connectivity index (χ2n) is 3.66. The van der Waals surface area contributed by atoms with Crippen LogP contribution in [0.5, 0.6) is 0 Å². The molecule has 0 bridgehead atoms. The highest BCUT2D eigenvalue weighted by Crippen LogP contribution is 2.14. The van der Waals surface area contributed by atoms with Crippen molar-refractivity contribution < 1.29 is 25.5 Å². The van der Waals surface area contributed by atoms with E-state index < -0.39 is 24.9 Å². The van der Waals surface area contributed by atoms with E-state index in [2.05, 4.69) is 0 Å². The molecule has 86 valence electrons. The number of hydrogen-bond acceptors (Lipinski definition) is 5. The van der Waals surface area contributed by atoms with E-state index >= 15 is 0 Å². The van der Waals surface area contributed by atoms with Crippen LogP contribution in [0.2, 0.25) is 0 Å². The molecule has 0 rings (SSSR count). The minimum atomic E-state index is -1.33. The van der Waals surface area contributed by atoms with Gasteiger partial charge in [-0.2, -0.15) is 0 Å². The molecule has 5 nitrogen and oxygen atoms in total. The summed E-state index contributed by atoms with van der Waals surface area (Å²) >= 11 is 0. The van der Waals surface area contributed by atoms with Gasteiger partial charge in [0.1, 0.15) is 12.2 Å². The molecule has 0 amide bonds. The van der Waals surface area contributed by atoms with E-state index in [4.69, 9.17) is 15.3 Å². The van der Waals surface area contributed by atoms with Crippen LogP contribution in [-0.2, 0) is 0 Å². The molecule has 0 heterocycles. The zero-order valence-corrected chi connectivity index (χ0v) is 8.37. The maximum Gasteiger partial charge on any atom is 0.108 e. The first kappa shape index (κ1) is 13.8. The van der Waals surface area contributed by atoms with Crippen molar-refractivity contribution in [1.29, 1.82) is 0 Å². The van der Waals surface area contributed by atoms with Crippen LogP contribution in [-0.4, -0.2) is 57.1 Å². The summed E-state index contributed by atoms with van der Waals surface area (Å²) in [6.07, 6.45) is -2.89. The Morgan fingerprint density at radius 3 is 2.00 bits per heavy atom. The minimum Gasteiger partial charge on any atom is -0.396 e. The third-order valence-corrected chi connectivity index (χ3v) is 2.24. The maximum atomic E-state index is 9.41. The van der Waals surface area contributed by atoms with Gasteiger partial charge in [0.2, 0.25) is 0 Å². The quantitative estimate of drug-likeness (QED) is 0.349. The van der Waals surface area contributed by atoms with E-state index in [0.717, 1.165) is 0 Å². The van der Waals surface area contributed by atoms with Gasteiger partial charge in [0.05, 0.1) is 12.7 Å². The topological polar surface area (TPSA) is 101 Å². The second-order valence-corrected chi connectivity index (χ2v) is 3.66. The van der Waals surface area contributed by atoms with E-state index in [-0.39, 0.29) is 12.5 Å². The molecule has 0 saturated carbocycles. The fourth-order valence-corrected chi connectivity index (χ4v) is 1.25. The molecule has 0 aliphatic heterocycles. The number of aliphatic hydroxyl groups excluding tert-OH is 5. The zero-order chi connectivity index (χ0) is 11.1. The van der Waals surface area contributed by atoms with Crippen molar-refractivity contribution in [3.63, 3.8) is 0 Å². The predicted octanol–water partition coefficient (Wildman–Crippen LogP) is -1.53. The summed E-state index contributed by atoms with van der Waals surface area (Å²) in [5, 5.41) is 44.9. The molecule has 0 aromatic carbocycles. The summed E-state index contributed by atoms with van der Waals surface area (Å²) < 4.78 is 0. The first-order chi connectivity index (χ1) is 6.52. The lowest BCUT2D eigenvalue weighted by Gasteiger charge is -2.23. The fraction of sp³-hybridized carbons (Fsp3) is 1.00. The van der Waals surface area contributed by atoms with Gasteiger partial charge in [-0.05, 0) is 18.8 Å². The second kappa shape index (κ2) is 7.14. The van der Waals surface area contributed by atoms with E-state index in [1.807, 2.05) is 6.92 Å². The van der Waals surface area contributed by atoms with Crippen molar-refractivity contribution in [3.8, 4) is 0 Å². The summed E-state index contributed by atoms with van der Waals surface area (Å²) in [7, 11) is 0. The molecule has 0 aliphatic carbocycles. The zero-order valence-electron chi connectivity index (χ0n) is 8.37. The minimum absolute atomic E-state index is 0.0343. The largest absolute Gasteiger partial charge is 0.396 e. The molecule has 4 atom stereocenters. The Kier molecular flexibility index (Phi) is 7.04. The van der Waals surface area contributed by atoms with E-state index in [0.29, 0.717) is 12.8 Å². The van der Waals surface area contributed by atoms with Gasteiger partial charge in [0.15, 0.2) is 0 Å². The van der Waals surface area contributed by atoms with Gasteiger partial charge in [-0.15, -0.1) is 0 Å². The van der Waals surface area contributed by atoms with Crippen LogP contribution in [0.1, 0.15) is 19.8 Å². The van der Waals surface area contributed by atoms with Crippen LogP contribution >= 0.6 is 0 Å². The van der Waals surface area contributed by atoms with Crippen LogP contribution in [0.3, 0.4) is 0 Å². The number of hydrogen-bond donors (Lipinski definition) is 5. The monoisotopic (exact) mass is 208 g/mol. The van der Waals surface area contributed by atoms with Crippen LogP contribution < -0.4 is 0 Å². The van der Waals surface area contributed by atoms with Crippen molar-refractivity contribution in [2.45, 2.75) is 38.1 Å². The Bertz CT molecular complexity index is 141. The van der Waals surface area contributed by atoms with Crippen LogP contribution in [0.4, 0.5) is 0 Å². The Labute approximate surface area is 83.6 Å². The van der Waals surface area contributed by atoms with Gasteiger partial charge in [-0.3, -0.25) is 0 Å². The predicted molar refractivity (Wildman–Crippen MR) is 50.6 cm³/mol. The van der Waals surface area contributed by atoms with Crippen molar-refractivity contribution in [2.24, 2.45) is 5.92 Å². The highest BCUT2D eigenvalue weighted by molar-refractivity contribution is 4.76. The molecule has 14 heavy (non-hydrogen) atoms. The van der Waals surface area contributed by atoms with Gasteiger partial charge >= 0.3 is 0 Å². The van der Waals surface area contributed by atoms with Crippen molar-refractivity contribution in [3.05, 3.63) is 0 Å². The van der Waals surface area contributed by atoms with Gasteiger partial charge in [0.25, 0.3) is 0 Å². The lowest BCUT2D eigenvalue weighted by atomic mass is 9.95. The fourth-order valence-electron chi connectivity index (χ4n) is 1.25. The molecule has 0 aliphatic rings. The molecule has 4 unspecified atom stereocenters. The lowest BCUT2D eigenvalue weighted by molar-refractivity contribution is -0.0823. The lowest BCUT2D eigenvalue weighted by Crippen LogP contribution is -2.40. The van der Waals surface area contributed by atoms with Crippen molar-refractivity contribution in [1.82, 2.24) is 0 Å². The molecular weight excluding hydrogens is 188 g/mol. The third kappa shape index (κ3) is 4.88. The molecular formula is C9H20O5. The molecule has 0 radical (unpaired) electrons. The standard InChI is InChI=1S/C9H20O5/c1-6(2-3-10)4-7(12)9(14)8(13)5-11/h6-14H,2-5H2,1H3. The Balaban J connectivity index is 3.87. The van der Waals surface area contributed by atoms with E-state index in [1.165, 1.54) is 0 Å². The van der Waals surface area contributed by atoms with Gasteiger partial charge in [-0.25, -0.2) is 0 Å². The van der Waals surface area contributed by atoms with Crippen molar-refractivity contribution >= 4 is 0 Å². The summed E-state index contributed by atoms with van der Waals surface area (Å²) in [6, 6.07) is 0. The molecule has 0 fully saturated rings. The molecule has 5 heteroatoms. The number of rotatable bonds is 7. The Hall–Kier alpha value is -0.200. The molecule has 5 N–H and O–H groups in total.